The van der Waals surface area contributed by atoms with Gasteiger partial charge in [-0.25, -0.2) is 4.98 Å². The summed E-state index contributed by atoms with van der Waals surface area (Å²) >= 11 is 5.61. The van der Waals surface area contributed by atoms with E-state index in [1.54, 1.807) is 0 Å². The Morgan fingerprint density at radius 2 is 2.19 bits per heavy atom. The molecule has 1 aliphatic carbocycles. The SMILES string of the molecule is O=C(F)c1cnc(Cl)nc1NC1CCCC1. The number of halogens is 2. The van der Waals surface area contributed by atoms with Crippen LogP contribution in [-0.2, 0) is 0 Å². The highest BCUT2D eigenvalue weighted by Crippen LogP contribution is 2.24. The minimum absolute atomic E-state index is 0.00509. The average molecular weight is 244 g/mol. The van der Waals surface area contributed by atoms with Gasteiger partial charge in [-0.05, 0) is 24.4 Å². The van der Waals surface area contributed by atoms with Gasteiger partial charge in [-0.2, -0.15) is 9.37 Å². The minimum atomic E-state index is -1.54. The van der Waals surface area contributed by atoms with Crippen LogP contribution in [0.3, 0.4) is 0 Å². The molecule has 4 nitrogen and oxygen atoms in total. The van der Waals surface area contributed by atoms with Crippen molar-refractivity contribution in [3.8, 4) is 0 Å². The molecule has 0 unspecified atom stereocenters. The van der Waals surface area contributed by atoms with Gasteiger partial charge < -0.3 is 5.32 Å². The van der Waals surface area contributed by atoms with Crippen LogP contribution in [0.4, 0.5) is 10.2 Å². The molecular weight excluding hydrogens is 233 g/mol. The highest BCUT2D eigenvalue weighted by molar-refractivity contribution is 6.28. The molecule has 6 heteroatoms. The molecule has 0 saturated heterocycles. The predicted molar refractivity (Wildman–Crippen MR) is 58.4 cm³/mol. The summed E-state index contributed by atoms with van der Waals surface area (Å²) in [4.78, 5) is 18.2. The lowest BCUT2D eigenvalue weighted by atomic mass is 10.2. The van der Waals surface area contributed by atoms with Crippen LogP contribution in [0, 0.1) is 0 Å². The van der Waals surface area contributed by atoms with Gasteiger partial charge in [0.25, 0.3) is 0 Å². The summed E-state index contributed by atoms with van der Waals surface area (Å²) in [5.74, 6) is 0.194. The van der Waals surface area contributed by atoms with Crippen molar-refractivity contribution in [2.45, 2.75) is 31.7 Å². The zero-order valence-corrected chi connectivity index (χ0v) is 9.30. The summed E-state index contributed by atoms with van der Waals surface area (Å²) in [5, 5.41) is 3.04. The van der Waals surface area contributed by atoms with Crippen LogP contribution >= 0.6 is 11.6 Å². The van der Waals surface area contributed by atoms with Crippen LogP contribution in [0.15, 0.2) is 6.20 Å². The second-order valence-corrected chi connectivity index (χ2v) is 4.14. The van der Waals surface area contributed by atoms with Crippen molar-refractivity contribution in [3.05, 3.63) is 17.0 Å². The highest BCUT2D eigenvalue weighted by atomic mass is 35.5. The van der Waals surface area contributed by atoms with Crippen LogP contribution in [0.1, 0.15) is 36.0 Å². The van der Waals surface area contributed by atoms with E-state index in [-0.39, 0.29) is 22.7 Å². The summed E-state index contributed by atoms with van der Waals surface area (Å²) in [6.07, 6.45) is 5.38. The molecule has 1 saturated carbocycles. The lowest BCUT2D eigenvalue weighted by Gasteiger charge is -2.13. The zero-order chi connectivity index (χ0) is 11.5. The Bertz CT molecular complexity index is 407. The van der Waals surface area contributed by atoms with Crippen LogP contribution in [0.5, 0.6) is 0 Å². The molecule has 1 aromatic rings. The van der Waals surface area contributed by atoms with Gasteiger partial charge in [0.2, 0.25) is 5.28 Å². The second-order valence-electron chi connectivity index (χ2n) is 3.80. The number of carbonyl (C=O) groups excluding carboxylic acids is 1. The van der Waals surface area contributed by atoms with Crippen LogP contribution in [-0.4, -0.2) is 22.0 Å². The largest absolute Gasteiger partial charge is 0.367 e. The van der Waals surface area contributed by atoms with Crippen molar-refractivity contribution >= 4 is 23.5 Å². The number of nitrogens with zero attached hydrogens (tertiary/aromatic N) is 2. The van der Waals surface area contributed by atoms with E-state index in [9.17, 15) is 9.18 Å². The van der Waals surface area contributed by atoms with Crippen LogP contribution in [0.2, 0.25) is 5.28 Å². The van der Waals surface area contributed by atoms with E-state index < -0.39 is 6.04 Å². The first-order chi connectivity index (χ1) is 7.66. The van der Waals surface area contributed by atoms with Crippen molar-refractivity contribution in [2.24, 2.45) is 0 Å². The lowest BCUT2D eigenvalue weighted by Crippen LogP contribution is -2.18. The van der Waals surface area contributed by atoms with Crippen molar-refractivity contribution in [1.82, 2.24) is 9.97 Å². The summed E-state index contributed by atoms with van der Waals surface area (Å²) in [5.41, 5.74) is -0.156. The maximum absolute atomic E-state index is 12.7. The van der Waals surface area contributed by atoms with E-state index in [1.165, 1.54) is 0 Å². The Balaban J connectivity index is 2.22. The van der Waals surface area contributed by atoms with E-state index in [1.807, 2.05) is 0 Å². The second kappa shape index (κ2) is 4.74. The Kier molecular flexibility index (Phi) is 3.33. The third-order valence-corrected chi connectivity index (χ3v) is 2.85. The van der Waals surface area contributed by atoms with Crippen molar-refractivity contribution in [2.75, 3.05) is 5.32 Å². The van der Waals surface area contributed by atoms with E-state index in [0.29, 0.717) is 0 Å². The quantitative estimate of drug-likeness (QED) is 0.655. The van der Waals surface area contributed by atoms with Crippen LogP contribution < -0.4 is 5.32 Å². The molecule has 0 amide bonds. The molecule has 1 heterocycles. The molecule has 1 aliphatic rings. The molecule has 0 aliphatic heterocycles. The number of hydrogen-bond donors (Lipinski definition) is 1. The number of carbonyl (C=O) groups is 1. The van der Waals surface area contributed by atoms with Crippen LogP contribution in [0.25, 0.3) is 0 Å². The number of aromatic nitrogens is 2. The molecule has 0 radical (unpaired) electrons. The zero-order valence-electron chi connectivity index (χ0n) is 8.54. The Labute approximate surface area is 97.2 Å². The topological polar surface area (TPSA) is 54.9 Å². The van der Waals surface area contributed by atoms with Crippen molar-refractivity contribution in [3.63, 3.8) is 0 Å². The fraction of sp³-hybridized carbons (Fsp3) is 0.500. The molecule has 0 spiro atoms. The minimum Gasteiger partial charge on any atom is -0.367 e. The average Bonchev–Trinajstić information content (AvgIpc) is 2.70. The third-order valence-electron chi connectivity index (χ3n) is 2.67. The summed E-state index contributed by atoms with van der Waals surface area (Å²) < 4.78 is 12.7. The molecule has 1 aromatic heterocycles. The molecule has 0 aromatic carbocycles. The summed E-state index contributed by atoms with van der Waals surface area (Å²) in [6.45, 7) is 0. The van der Waals surface area contributed by atoms with E-state index in [2.05, 4.69) is 15.3 Å². The molecule has 16 heavy (non-hydrogen) atoms. The van der Waals surface area contributed by atoms with Gasteiger partial charge in [-0.3, -0.25) is 4.79 Å². The normalized spacial score (nSPS) is 16.4. The molecular formula is C10H11ClFN3O. The molecule has 1 N–H and O–H groups in total. The fourth-order valence-electron chi connectivity index (χ4n) is 1.88. The van der Waals surface area contributed by atoms with Gasteiger partial charge in [0.1, 0.15) is 11.4 Å². The van der Waals surface area contributed by atoms with Crippen molar-refractivity contribution < 1.29 is 9.18 Å². The number of anilines is 1. The molecule has 0 atom stereocenters. The fourth-order valence-corrected chi connectivity index (χ4v) is 2.01. The van der Waals surface area contributed by atoms with E-state index in [0.717, 1.165) is 31.9 Å². The molecule has 1 fully saturated rings. The standard InChI is InChI=1S/C10H11ClFN3O/c11-10-13-5-7(8(12)16)9(15-10)14-6-3-1-2-4-6/h5-6H,1-4H2,(H,13,14,15). The lowest BCUT2D eigenvalue weighted by molar-refractivity contribution is 0.0836. The highest BCUT2D eigenvalue weighted by Gasteiger charge is 2.19. The van der Waals surface area contributed by atoms with Gasteiger partial charge in [-0.15, -0.1) is 0 Å². The Morgan fingerprint density at radius 3 is 2.81 bits per heavy atom. The third kappa shape index (κ3) is 2.47. The number of hydrogen-bond acceptors (Lipinski definition) is 4. The Morgan fingerprint density at radius 1 is 1.50 bits per heavy atom. The summed E-state index contributed by atoms with van der Waals surface area (Å²) in [7, 11) is 0. The monoisotopic (exact) mass is 243 g/mol. The van der Waals surface area contributed by atoms with E-state index in [4.69, 9.17) is 11.6 Å². The van der Waals surface area contributed by atoms with Gasteiger partial charge in [-0.1, -0.05) is 12.8 Å². The Hall–Kier alpha value is -1.23. The first-order valence-corrected chi connectivity index (χ1v) is 5.53. The molecule has 86 valence electrons. The van der Waals surface area contributed by atoms with Gasteiger partial charge in [0.05, 0.1) is 0 Å². The van der Waals surface area contributed by atoms with Gasteiger partial charge >= 0.3 is 6.04 Å². The first kappa shape index (κ1) is 11.3. The maximum Gasteiger partial charge on any atom is 0.337 e. The smallest absolute Gasteiger partial charge is 0.337 e. The molecule has 0 bridgehead atoms. The van der Waals surface area contributed by atoms with Gasteiger partial charge in [0.15, 0.2) is 0 Å². The summed E-state index contributed by atoms with van der Waals surface area (Å²) in [6, 6.07) is -1.30. The number of rotatable bonds is 3. The molecule has 2 rings (SSSR count). The van der Waals surface area contributed by atoms with E-state index >= 15 is 0 Å². The maximum atomic E-state index is 12.7. The predicted octanol–water partition coefficient (Wildman–Crippen LogP) is 2.59. The first-order valence-electron chi connectivity index (χ1n) is 5.15. The number of nitrogens with one attached hydrogen (secondary N) is 1. The van der Waals surface area contributed by atoms with Crippen molar-refractivity contribution in [1.29, 1.82) is 0 Å². The van der Waals surface area contributed by atoms with Gasteiger partial charge in [0, 0.05) is 12.2 Å².